The van der Waals surface area contributed by atoms with Gasteiger partial charge in [0.1, 0.15) is 24.6 Å². The summed E-state index contributed by atoms with van der Waals surface area (Å²) in [6, 6.07) is 12.2. The molecule has 7 nitrogen and oxygen atoms in total. The van der Waals surface area contributed by atoms with Crippen LogP contribution in [-0.2, 0) is 16.2 Å². The molecule has 0 saturated carbocycles. The first-order valence-electron chi connectivity index (χ1n) is 8.06. The molecule has 0 radical (unpaired) electrons. The number of carbonyl (C=O) groups is 3. The summed E-state index contributed by atoms with van der Waals surface area (Å²) in [5, 5.41) is 11.2. The highest BCUT2D eigenvalue weighted by atomic mass is 79.9. The van der Waals surface area contributed by atoms with E-state index in [1.54, 1.807) is 18.2 Å². The van der Waals surface area contributed by atoms with Crippen molar-refractivity contribution in [1.82, 2.24) is 10.2 Å². The Morgan fingerprint density at radius 1 is 1.14 bits per heavy atom. The second-order valence-electron chi connectivity index (χ2n) is 5.88. The Morgan fingerprint density at radius 3 is 2.50 bits per heavy atom. The second kappa shape index (κ2) is 8.57. The highest BCUT2D eigenvalue weighted by molar-refractivity contribution is 9.10. The number of urea groups is 1. The van der Waals surface area contributed by atoms with Gasteiger partial charge in [0, 0.05) is 4.47 Å². The van der Waals surface area contributed by atoms with Crippen molar-refractivity contribution in [3.8, 4) is 5.75 Å². The van der Waals surface area contributed by atoms with Gasteiger partial charge in [-0.2, -0.15) is 0 Å². The van der Waals surface area contributed by atoms with Crippen LogP contribution < -0.4 is 10.1 Å². The minimum absolute atomic E-state index is 0.0154. The summed E-state index contributed by atoms with van der Waals surface area (Å²) in [5.41, 5.74) is 1.67. The molecule has 0 aromatic heterocycles. The van der Waals surface area contributed by atoms with E-state index in [0.717, 1.165) is 10.0 Å². The Morgan fingerprint density at radius 2 is 1.86 bits per heavy atom. The van der Waals surface area contributed by atoms with E-state index in [0.29, 0.717) is 27.3 Å². The van der Waals surface area contributed by atoms with Crippen LogP contribution in [0.3, 0.4) is 0 Å². The van der Waals surface area contributed by atoms with E-state index in [1.807, 2.05) is 24.3 Å². The van der Waals surface area contributed by atoms with Gasteiger partial charge in [0.05, 0.1) is 4.47 Å². The maximum absolute atomic E-state index is 12.2. The molecule has 0 aliphatic carbocycles. The molecule has 9 heteroatoms. The molecule has 144 valence electrons. The summed E-state index contributed by atoms with van der Waals surface area (Å²) in [5.74, 6) is -1.32. The highest BCUT2D eigenvalue weighted by Crippen LogP contribution is 2.28. The van der Waals surface area contributed by atoms with Crippen molar-refractivity contribution in [3.05, 3.63) is 68.2 Å². The largest absolute Gasteiger partial charge is 0.488 e. The monoisotopic (exact) mass is 508 g/mol. The average molecular weight is 510 g/mol. The molecule has 3 amide bonds. The van der Waals surface area contributed by atoms with Crippen LogP contribution in [0.2, 0.25) is 0 Å². The van der Waals surface area contributed by atoms with Crippen molar-refractivity contribution in [2.45, 2.75) is 6.61 Å². The quantitative estimate of drug-likeness (QED) is 0.456. The molecule has 28 heavy (non-hydrogen) atoms. The first kappa shape index (κ1) is 20.1. The van der Waals surface area contributed by atoms with Gasteiger partial charge in [-0.05, 0) is 57.4 Å². The Balaban J connectivity index is 1.71. The lowest BCUT2D eigenvalue weighted by Crippen LogP contribution is -2.35. The molecule has 2 aromatic rings. The fourth-order valence-electron chi connectivity index (χ4n) is 2.48. The van der Waals surface area contributed by atoms with Gasteiger partial charge in [-0.25, -0.2) is 9.69 Å². The highest BCUT2D eigenvalue weighted by Gasteiger charge is 2.34. The van der Waals surface area contributed by atoms with Crippen LogP contribution in [0.15, 0.2) is 57.1 Å². The lowest BCUT2D eigenvalue weighted by Gasteiger charge is -2.09. The van der Waals surface area contributed by atoms with E-state index in [4.69, 9.17) is 9.84 Å². The molecule has 0 unspecified atom stereocenters. The van der Waals surface area contributed by atoms with Crippen LogP contribution in [-0.4, -0.2) is 34.5 Å². The van der Waals surface area contributed by atoms with E-state index in [-0.39, 0.29) is 5.70 Å². The number of imide groups is 1. The minimum Gasteiger partial charge on any atom is -0.488 e. The van der Waals surface area contributed by atoms with E-state index < -0.39 is 24.5 Å². The molecule has 1 aliphatic rings. The number of ether oxygens (including phenoxy) is 1. The maximum atomic E-state index is 12.2. The van der Waals surface area contributed by atoms with Crippen molar-refractivity contribution < 1.29 is 24.2 Å². The second-order valence-corrected chi connectivity index (χ2v) is 7.65. The van der Waals surface area contributed by atoms with Gasteiger partial charge in [-0.1, -0.05) is 34.1 Å². The third-order valence-electron chi connectivity index (χ3n) is 3.83. The summed E-state index contributed by atoms with van der Waals surface area (Å²) >= 11 is 6.82. The molecular weight excluding hydrogens is 496 g/mol. The minimum atomic E-state index is -1.26. The van der Waals surface area contributed by atoms with E-state index in [9.17, 15) is 14.4 Å². The Kier molecular flexibility index (Phi) is 6.15. The lowest BCUT2D eigenvalue weighted by molar-refractivity contribution is -0.140. The van der Waals surface area contributed by atoms with Gasteiger partial charge in [0.2, 0.25) is 0 Å². The maximum Gasteiger partial charge on any atom is 0.329 e. The number of aliphatic carboxylic acids is 1. The van der Waals surface area contributed by atoms with Crippen LogP contribution in [0, 0.1) is 0 Å². The van der Waals surface area contributed by atoms with Gasteiger partial charge < -0.3 is 15.2 Å². The third kappa shape index (κ3) is 4.79. The van der Waals surface area contributed by atoms with Gasteiger partial charge in [-0.3, -0.25) is 9.59 Å². The number of benzene rings is 2. The van der Waals surface area contributed by atoms with Gasteiger partial charge >= 0.3 is 12.0 Å². The number of hydrogen-bond donors (Lipinski definition) is 2. The summed E-state index contributed by atoms with van der Waals surface area (Å²) in [4.78, 5) is 35.3. The molecule has 2 N–H and O–H groups in total. The molecule has 1 fully saturated rings. The smallest absolute Gasteiger partial charge is 0.329 e. The molecule has 1 aliphatic heterocycles. The fourth-order valence-corrected chi connectivity index (χ4v) is 3.26. The zero-order chi connectivity index (χ0) is 20.3. The number of hydrogen-bond acceptors (Lipinski definition) is 4. The molecule has 3 rings (SSSR count). The molecule has 0 bridgehead atoms. The number of amides is 3. The van der Waals surface area contributed by atoms with Gasteiger partial charge in [-0.15, -0.1) is 0 Å². The summed E-state index contributed by atoms with van der Waals surface area (Å²) in [6.07, 6.45) is 1.48. The van der Waals surface area contributed by atoms with Crippen molar-refractivity contribution in [3.63, 3.8) is 0 Å². The summed E-state index contributed by atoms with van der Waals surface area (Å²) in [7, 11) is 0. The molecule has 0 atom stereocenters. The SMILES string of the molecule is O=C(O)CN1C(=O)N/C(=C/c2ccc(OCc3ccc(Br)cc3)c(Br)c2)C1=O. The van der Waals surface area contributed by atoms with Crippen LogP contribution in [0.1, 0.15) is 11.1 Å². The number of carboxylic acids is 1. The zero-order valence-electron chi connectivity index (χ0n) is 14.3. The van der Waals surface area contributed by atoms with Crippen LogP contribution in [0.25, 0.3) is 6.08 Å². The Labute approximate surface area is 177 Å². The van der Waals surface area contributed by atoms with E-state index in [1.165, 1.54) is 6.08 Å². The summed E-state index contributed by atoms with van der Waals surface area (Å²) < 4.78 is 7.46. The molecule has 0 spiro atoms. The number of nitrogens with zero attached hydrogens (tertiary/aromatic N) is 1. The number of carbonyl (C=O) groups excluding carboxylic acids is 2. The number of carboxylic acid groups (broad SMARTS) is 1. The van der Waals surface area contributed by atoms with E-state index >= 15 is 0 Å². The first-order chi connectivity index (χ1) is 13.3. The summed E-state index contributed by atoms with van der Waals surface area (Å²) in [6.45, 7) is -0.292. The molecule has 2 aromatic carbocycles. The lowest BCUT2D eigenvalue weighted by atomic mass is 10.2. The van der Waals surface area contributed by atoms with Crippen LogP contribution in [0.4, 0.5) is 4.79 Å². The number of nitrogens with one attached hydrogen (secondary N) is 1. The number of halogens is 2. The van der Waals surface area contributed by atoms with Gasteiger partial charge in [0.15, 0.2) is 0 Å². The Bertz CT molecular complexity index is 973. The van der Waals surface area contributed by atoms with Crippen molar-refractivity contribution in [2.75, 3.05) is 6.54 Å². The molecular formula is C19H14Br2N2O5. The predicted molar refractivity (Wildman–Crippen MR) is 108 cm³/mol. The third-order valence-corrected chi connectivity index (χ3v) is 4.98. The van der Waals surface area contributed by atoms with Crippen molar-refractivity contribution in [2.24, 2.45) is 0 Å². The topological polar surface area (TPSA) is 95.9 Å². The number of rotatable bonds is 6. The predicted octanol–water partition coefficient (Wildman–Crippen LogP) is 3.77. The van der Waals surface area contributed by atoms with Crippen LogP contribution in [0.5, 0.6) is 5.75 Å². The fraction of sp³-hybridized carbons (Fsp3) is 0.105. The van der Waals surface area contributed by atoms with Crippen molar-refractivity contribution >= 4 is 55.8 Å². The van der Waals surface area contributed by atoms with Crippen molar-refractivity contribution in [1.29, 1.82) is 0 Å². The zero-order valence-corrected chi connectivity index (χ0v) is 17.5. The standard InChI is InChI=1S/C19H14Br2N2O5/c20-13-4-1-11(2-5-13)10-28-16-6-3-12(7-14(16)21)8-15-18(26)23(9-17(24)25)19(27)22-15/h1-8H,9-10H2,(H,22,27)(H,24,25)/b15-8+. The Hall–Kier alpha value is -2.65. The van der Waals surface area contributed by atoms with Crippen LogP contribution >= 0.6 is 31.9 Å². The normalized spacial score (nSPS) is 15.1. The first-order valence-corrected chi connectivity index (χ1v) is 9.65. The van der Waals surface area contributed by atoms with Gasteiger partial charge in [0.25, 0.3) is 5.91 Å². The molecule has 1 heterocycles. The molecule has 1 saturated heterocycles. The average Bonchev–Trinajstić information content (AvgIpc) is 2.89. The van der Waals surface area contributed by atoms with E-state index in [2.05, 4.69) is 37.2 Å².